The smallest absolute Gasteiger partial charge is 0.251 e. The van der Waals surface area contributed by atoms with E-state index in [-0.39, 0.29) is 16.8 Å². The first-order valence-electron chi connectivity index (χ1n) is 8.71. The molecule has 1 aromatic carbocycles. The van der Waals surface area contributed by atoms with E-state index >= 15 is 0 Å². The zero-order valence-electron chi connectivity index (χ0n) is 14.2. The molecule has 2 atom stereocenters. The van der Waals surface area contributed by atoms with Crippen LogP contribution < -0.4 is 11.1 Å². The Morgan fingerprint density at radius 3 is 2.76 bits per heavy atom. The number of carbonyl (C=O) groups is 1. The molecule has 1 aromatic rings. The summed E-state index contributed by atoms with van der Waals surface area (Å²) in [6.45, 7) is 2.00. The molecule has 1 saturated heterocycles. The van der Waals surface area contributed by atoms with Crippen LogP contribution in [-0.4, -0.2) is 57.5 Å². The highest BCUT2D eigenvalue weighted by Crippen LogP contribution is 2.25. The van der Waals surface area contributed by atoms with E-state index in [0.717, 1.165) is 19.3 Å². The third-order valence-corrected chi connectivity index (χ3v) is 6.88. The fourth-order valence-electron chi connectivity index (χ4n) is 3.49. The van der Waals surface area contributed by atoms with Gasteiger partial charge in [0.2, 0.25) is 10.0 Å². The summed E-state index contributed by atoms with van der Waals surface area (Å²) in [5.41, 5.74) is 6.11. The minimum atomic E-state index is -3.61. The van der Waals surface area contributed by atoms with Crippen molar-refractivity contribution in [2.24, 2.45) is 11.7 Å². The van der Waals surface area contributed by atoms with E-state index < -0.39 is 10.0 Å². The van der Waals surface area contributed by atoms with E-state index in [4.69, 9.17) is 10.5 Å². The molecule has 1 aliphatic carbocycles. The molecule has 0 bridgehead atoms. The molecule has 2 aliphatic rings. The second-order valence-electron chi connectivity index (χ2n) is 6.55. The van der Waals surface area contributed by atoms with E-state index in [1.54, 1.807) is 12.1 Å². The van der Waals surface area contributed by atoms with Crippen LogP contribution >= 0.6 is 0 Å². The summed E-state index contributed by atoms with van der Waals surface area (Å²) < 4.78 is 32.1. The normalized spacial score (nSPS) is 25.0. The SMILES string of the molecule is NCC1CCCC1NC(=O)c1cccc(S(=O)(=O)N2CCOCC2)c1. The summed E-state index contributed by atoms with van der Waals surface area (Å²) in [5.74, 6) is 0.0496. The molecule has 0 radical (unpaired) electrons. The maximum Gasteiger partial charge on any atom is 0.251 e. The van der Waals surface area contributed by atoms with Gasteiger partial charge in [-0.1, -0.05) is 12.5 Å². The number of hydrogen-bond donors (Lipinski definition) is 2. The maximum absolute atomic E-state index is 12.7. The molecule has 0 aromatic heterocycles. The summed E-state index contributed by atoms with van der Waals surface area (Å²) in [4.78, 5) is 12.7. The van der Waals surface area contributed by atoms with Crippen LogP contribution in [0.25, 0.3) is 0 Å². The lowest BCUT2D eigenvalue weighted by Crippen LogP contribution is -2.41. The van der Waals surface area contributed by atoms with Crippen LogP contribution in [0.2, 0.25) is 0 Å². The zero-order chi connectivity index (χ0) is 17.9. The molecule has 25 heavy (non-hydrogen) atoms. The van der Waals surface area contributed by atoms with E-state index in [9.17, 15) is 13.2 Å². The number of amides is 1. The van der Waals surface area contributed by atoms with Gasteiger partial charge in [0.1, 0.15) is 0 Å². The Hall–Kier alpha value is -1.48. The number of ether oxygens (including phenoxy) is 1. The predicted octanol–water partition coefficient (Wildman–Crippen LogP) is 0.565. The van der Waals surface area contributed by atoms with Crippen molar-refractivity contribution in [2.75, 3.05) is 32.8 Å². The second-order valence-corrected chi connectivity index (χ2v) is 8.49. The Balaban J connectivity index is 1.75. The van der Waals surface area contributed by atoms with E-state index in [1.165, 1.54) is 16.4 Å². The number of morpholine rings is 1. The molecule has 1 amide bonds. The maximum atomic E-state index is 12.7. The van der Waals surface area contributed by atoms with Crippen molar-refractivity contribution in [3.63, 3.8) is 0 Å². The molecular weight excluding hydrogens is 342 g/mol. The van der Waals surface area contributed by atoms with Crippen LogP contribution in [0.15, 0.2) is 29.2 Å². The number of nitrogens with one attached hydrogen (secondary N) is 1. The van der Waals surface area contributed by atoms with Gasteiger partial charge in [-0.05, 0) is 43.5 Å². The van der Waals surface area contributed by atoms with Crippen LogP contribution in [0.4, 0.5) is 0 Å². The van der Waals surface area contributed by atoms with E-state index in [0.29, 0.717) is 44.3 Å². The average Bonchev–Trinajstić information content (AvgIpc) is 3.09. The molecule has 0 spiro atoms. The standard InChI is InChI=1S/C17H25N3O4S/c18-12-14-4-2-6-16(14)19-17(21)13-3-1-5-15(11-13)25(22,23)20-7-9-24-10-8-20/h1,3,5,11,14,16H,2,4,6-10,12,18H2,(H,19,21). The summed E-state index contributed by atoms with van der Waals surface area (Å²) in [7, 11) is -3.61. The molecule has 3 N–H and O–H groups in total. The average molecular weight is 367 g/mol. The van der Waals surface area contributed by atoms with Gasteiger partial charge in [0.05, 0.1) is 18.1 Å². The third-order valence-electron chi connectivity index (χ3n) is 4.98. The molecule has 1 aliphatic heterocycles. The number of nitrogens with zero attached hydrogens (tertiary/aromatic N) is 1. The molecule has 8 heteroatoms. The minimum absolute atomic E-state index is 0.0667. The molecule has 7 nitrogen and oxygen atoms in total. The van der Waals surface area contributed by atoms with E-state index in [2.05, 4.69) is 5.32 Å². The topological polar surface area (TPSA) is 102 Å². The van der Waals surface area contributed by atoms with Crippen molar-refractivity contribution in [1.82, 2.24) is 9.62 Å². The van der Waals surface area contributed by atoms with Crippen LogP contribution in [0, 0.1) is 5.92 Å². The van der Waals surface area contributed by atoms with E-state index in [1.807, 2.05) is 0 Å². The lowest BCUT2D eigenvalue weighted by Gasteiger charge is -2.26. The minimum Gasteiger partial charge on any atom is -0.379 e. The van der Waals surface area contributed by atoms with Crippen molar-refractivity contribution in [1.29, 1.82) is 0 Å². The highest BCUT2D eigenvalue weighted by molar-refractivity contribution is 7.89. The van der Waals surface area contributed by atoms with Gasteiger partial charge in [0, 0.05) is 24.7 Å². The lowest BCUT2D eigenvalue weighted by atomic mass is 10.0. The molecule has 1 saturated carbocycles. The van der Waals surface area contributed by atoms with Gasteiger partial charge in [0.25, 0.3) is 5.91 Å². The largest absolute Gasteiger partial charge is 0.379 e. The highest BCUT2D eigenvalue weighted by atomic mass is 32.2. The summed E-state index contributed by atoms with van der Waals surface area (Å²) in [6, 6.07) is 6.29. The molecule has 1 heterocycles. The number of carbonyl (C=O) groups excluding carboxylic acids is 1. The number of rotatable bonds is 5. The van der Waals surface area contributed by atoms with Crippen molar-refractivity contribution < 1.29 is 17.9 Å². The monoisotopic (exact) mass is 367 g/mol. The van der Waals surface area contributed by atoms with Crippen molar-refractivity contribution in [3.05, 3.63) is 29.8 Å². The van der Waals surface area contributed by atoms with Gasteiger partial charge in [-0.3, -0.25) is 4.79 Å². The Labute approximate surface area is 148 Å². The number of nitrogens with two attached hydrogens (primary N) is 1. The Morgan fingerprint density at radius 2 is 2.04 bits per heavy atom. The third kappa shape index (κ3) is 4.03. The van der Waals surface area contributed by atoms with Gasteiger partial charge in [-0.2, -0.15) is 4.31 Å². The van der Waals surface area contributed by atoms with Gasteiger partial charge in [0.15, 0.2) is 0 Å². The van der Waals surface area contributed by atoms with Crippen molar-refractivity contribution in [3.8, 4) is 0 Å². The number of hydrogen-bond acceptors (Lipinski definition) is 5. The van der Waals surface area contributed by atoms with Crippen molar-refractivity contribution >= 4 is 15.9 Å². The Kier molecular flexibility index (Phi) is 5.73. The van der Waals surface area contributed by atoms with Gasteiger partial charge >= 0.3 is 0 Å². The fraction of sp³-hybridized carbons (Fsp3) is 0.588. The second kappa shape index (κ2) is 7.82. The van der Waals surface area contributed by atoms with Gasteiger partial charge < -0.3 is 15.8 Å². The van der Waals surface area contributed by atoms with Crippen LogP contribution in [0.3, 0.4) is 0 Å². The summed E-state index contributed by atoms with van der Waals surface area (Å²) in [6.07, 6.45) is 2.99. The lowest BCUT2D eigenvalue weighted by molar-refractivity contribution is 0.0730. The molecule has 3 rings (SSSR count). The zero-order valence-corrected chi connectivity index (χ0v) is 15.0. The quantitative estimate of drug-likeness (QED) is 0.792. The summed E-state index contributed by atoms with van der Waals surface area (Å²) in [5, 5.41) is 3.01. The number of benzene rings is 1. The highest BCUT2D eigenvalue weighted by Gasteiger charge is 2.29. The Bertz CT molecular complexity index is 716. The van der Waals surface area contributed by atoms with Gasteiger partial charge in [-0.15, -0.1) is 0 Å². The predicted molar refractivity (Wildman–Crippen MR) is 93.7 cm³/mol. The number of sulfonamides is 1. The molecular formula is C17H25N3O4S. The van der Waals surface area contributed by atoms with Crippen molar-refractivity contribution in [2.45, 2.75) is 30.2 Å². The van der Waals surface area contributed by atoms with Crippen LogP contribution in [0.5, 0.6) is 0 Å². The fourth-order valence-corrected chi connectivity index (χ4v) is 4.95. The first kappa shape index (κ1) is 18.3. The molecule has 2 unspecified atom stereocenters. The Morgan fingerprint density at radius 1 is 1.28 bits per heavy atom. The molecule has 2 fully saturated rings. The van der Waals surface area contributed by atoms with Crippen LogP contribution in [0.1, 0.15) is 29.6 Å². The molecule has 138 valence electrons. The van der Waals surface area contributed by atoms with Gasteiger partial charge in [-0.25, -0.2) is 8.42 Å². The first-order chi connectivity index (χ1) is 12.0. The van der Waals surface area contributed by atoms with Crippen LogP contribution in [-0.2, 0) is 14.8 Å². The first-order valence-corrected chi connectivity index (χ1v) is 10.2. The summed E-state index contributed by atoms with van der Waals surface area (Å²) >= 11 is 0.